The Morgan fingerprint density at radius 1 is 0.929 bits per heavy atom. The van der Waals surface area contributed by atoms with Crippen molar-refractivity contribution in [2.24, 2.45) is 5.92 Å². The van der Waals surface area contributed by atoms with Crippen LogP contribution in [0.2, 0.25) is 0 Å². The molecular weight excluding hydrogens is 236 g/mol. The molecule has 1 heteroatoms. The van der Waals surface area contributed by atoms with Crippen molar-refractivity contribution < 1.29 is 0 Å². The fourth-order valence-electron chi connectivity index (χ4n) is 1.83. The Balaban J connectivity index is 3.18. The third-order valence-electron chi connectivity index (χ3n) is 3.02. The zero-order valence-electron chi connectivity index (χ0n) is 10.2. The maximum atomic E-state index is 3.74. The van der Waals surface area contributed by atoms with Gasteiger partial charge in [0.15, 0.2) is 0 Å². The van der Waals surface area contributed by atoms with E-state index >= 15 is 0 Å². The number of halogens is 1. The van der Waals surface area contributed by atoms with Crippen molar-refractivity contribution in [1.29, 1.82) is 0 Å². The van der Waals surface area contributed by atoms with Crippen LogP contribution in [0.25, 0.3) is 0 Å². The Kier molecular flexibility index (Phi) is 10.4. The van der Waals surface area contributed by atoms with Gasteiger partial charge in [0.2, 0.25) is 0 Å². The van der Waals surface area contributed by atoms with Gasteiger partial charge < -0.3 is 0 Å². The van der Waals surface area contributed by atoms with E-state index in [0.717, 1.165) is 10.7 Å². The molecule has 0 rings (SSSR count). The van der Waals surface area contributed by atoms with E-state index in [9.17, 15) is 0 Å². The highest BCUT2D eigenvalue weighted by molar-refractivity contribution is 9.09. The maximum absolute atomic E-state index is 3.74. The van der Waals surface area contributed by atoms with E-state index in [4.69, 9.17) is 0 Å². The lowest BCUT2D eigenvalue weighted by Crippen LogP contribution is -2.09. The number of alkyl halides is 1. The molecule has 0 bridgehead atoms. The highest BCUT2D eigenvalue weighted by Crippen LogP contribution is 2.22. The zero-order chi connectivity index (χ0) is 10.8. The molecule has 2 unspecified atom stereocenters. The minimum Gasteiger partial charge on any atom is -0.0888 e. The van der Waals surface area contributed by atoms with Crippen LogP contribution >= 0.6 is 15.9 Å². The van der Waals surface area contributed by atoms with Gasteiger partial charge in [-0.25, -0.2) is 0 Å². The SMILES string of the molecule is CCCCCCCCC(C)C(Br)CC. The molecule has 14 heavy (non-hydrogen) atoms. The van der Waals surface area contributed by atoms with Gasteiger partial charge in [-0.1, -0.05) is 75.2 Å². The van der Waals surface area contributed by atoms with Gasteiger partial charge in [-0.2, -0.15) is 0 Å². The van der Waals surface area contributed by atoms with Crippen LogP contribution in [-0.4, -0.2) is 4.83 Å². The zero-order valence-corrected chi connectivity index (χ0v) is 11.8. The highest BCUT2D eigenvalue weighted by Gasteiger charge is 2.10. The molecule has 0 aromatic rings. The first-order valence-corrected chi connectivity index (χ1v) is 7.28. The second kappa shape index (κ2) is 10.0. The molecule has 0 nitrogen and oxygen atoms in total. The molecule has 0 fully saturated rings. The van der Waals surface area contributed by atoms with Gasteiger partial charge in [0, 0.05) is 4.83 Å². The predicted octanol–water partition coefficient (Wildman–Crippen LogP) is 5.55. The molecule has 0 aliphatic heterocycles. The summed E-state index contributed by atoms with van der Waals surface area (Å²) in [5, 5.41) is 0. The van der Waals surface area contributed by atoms with Crippen molar-refractivity contribution in [1.82, 2.24) is 0 Å². The molecule has 0 radical (unpaired) electrons. The maximum Gasteiger partial charge on any atom is 0.0168 e. The largest absolute Gasteiger partial charge is 0.0888 e. The Morgan fingerprint density at radius 2 is 1.50 bits per heavy atom. The summed E-state index contributed by atoms with van der Waals surface area (Å²) in [6.45, 7) is 6.91. The molecule has 0 saturated heterocycles. The first-order chi connectivity index (χ1) is 6.72. The van der Waals surface area contributed by atoms with E-state index in [1.807, 2.05) is 0 Å². The minimum atomic E-state index is 0.734. The Hall–Kier alpha value is 0.480. The number of hydrogen-bond acceptors (Lipinski definition) is 0. The van der Waals surface area contributed by atoms with Gasteiger partial charge in [0.1, 0.15) is 0 Å². The van der Waals surface area contributed by atoms with Gasteiger partial charge in [-0.3, -0.25) is 0 Å². The topological polar surface area (TPSA) is 0 Å². The molecule has 0 amide bonds. The molecule has 0 aliphatic rings. The lowest BCUT2D eigenvalue weighted by molar-refractivity contribution is 0.466. The van der Waals surface area contributed by atoms with E-state index in [2.05, 4.69) is 36.7 Å². The number of rotatable bonds is 9. The summed E-state index contributed by atoms with van der Waals surface area (Å²) in [7, 11) is 0. The third kappa shape index (κ3) is 7.84. The predicted molar refractivity (Wildman–Crippen MR) is 70.2 cm³/mol. The van der Waals surface area contributed by atoms with Crippen molar-refractivity contribution >= 4 is 15.9 Å². The molecule has 0 aliphatic carbocycles. The van der Waals surface area contributed by atoms with Crippen LogP contribution in [0.3, 0.4) is 0 Å². The van der Waals surface area contributed by atoms with Crippen LogP contribution in [0.4, 0.5) is 0 Å². The van der Waals surface area contributed by atoms with E-state index in [0.29, 0.717) is 0 Å². The van der Waals surface area contributed by atoms with Crippen LogP contribution < -0.4 is 0 Å². The molecule has 2 atom stereocenters. The van der Waals surface area contributed by atoms with Crippen molar-refractivity contribution in [3.8, 4) is 0 Å². The highest BCUT2D eigenvalue weighted by atomic mass is 79.9. The molecule has 0 N–H and O–H groups in total. The van der Waals surface area contributed by atoms with Gasteiger partial charge in [0.05, 0.1) is 0 Å². The molecule has 0 spiro atoms. The van der Waals surface area contributed by atoms with Gasteiger partial charge >= 0.3 is 0 Å². The summed E-state index contributed by atoms with van der Waals surface area (Å²) in [6.07, 6.45) is 11.2. The van der Waals surface area contributed by atoms with Gasteiger partial charge in [-0.05, 0) is 18.8 Å². The third-order valence-corrected chi connectivity index (χ3v) is 4.57. The fourth-order valence-corrected chi connectivity index (χ4v) is 2.09. The second-order valence-electron chi connectivity index (χ2n) is 4.46. The standard InChI is InChI=1S/C13H27Br/c1-4-6-7-8-9-10-11-12(3)13(14)5-2/h12-13H,4-11H2,1-3H3. The number of hydrogen-bond donors (Lipinski definition) is 0. The lowest BCUT2D eigenvalue weighted by Gasteiger charge is -2.16. The van der Waals surface area contributed by atoms with E-state index in [1.165, 1.54) is 51.4 Å². The fraction of sp³-hybridized carbons (Fsp3) is 1.00. The van der Waals surface area contributed by atoms with Crippen LogP contribution in [0.15, 0.2) is 0 Å². The molecular formula is C13H27Br. The van der Waals surface area contributed by atoms with Crippen LogP contribution in [0.1, 0.15) is 72.1 Å². The normalized spacial score (nSPS) is 15.4. The summed E-state index contributed by atoms with van der Waals surface area (Å²) in [4.78, 5) is 0.734. The average molecular weight is 263 g/mol. The second-order valence-corrected chi connectivity index (χ2v) is 5.63. The summed E-state index contributed by atoms with van der Waals surface area (Å²) in [6, 6.07) is 0. The summed E-state index contributed by atoms with van der Waals surface area (Å²) < 4.78 is 0. The van der Waals surface area contributed by atoms with Crippen molar-refractivity contribution in [2.75, 3.05) is 0 Å². The Bertz CT molecular complexity index is 112. The molecule has 0 saturated carbocycles. The van der Waals surface area contributed by atoms with E-state index < -0.39 is 0 Å². The quantitative estimate of drug-likeness (QED) is 0.378. The first kappa shape index (κ1) is 14.5. The summed E-state index contributed by atoms with van der Waals surface area (Å²) in [5.74, 6) is 0.853. The molecule has 0 aromatic heterocycles. The first-order valence-electron chi connectivity index (χ1n) is 6.36. The van der Waals surface area contributed by atoms with Gasteiger partial charge in [0.25, 0.3) is 0 Å². The molecule has 0 aromatic carbocycles. The van der Waals surface area contributed by atoms with Crippen LogP contribution in [0.5, 0.6) is 0 Å². The van der Waals surface area contributed by atoms with E-state index in [-0.39, 0.29) is 0 Å². The summed E-state index contributed by atoms with van der Waals surface area (Å²) >= 11 is 3.74. The van der Waals surface area contributed by atoms with Crippen molar-refractivity contribution in [2.45, 2.75) is 77.0 Å². The monoisotopic (exact) mass is 262 g/mol. The lowest BCUT2D eigenvalue weighted by atomic mass is 9.98. The van der Waals surface area contributed by atoms with E-state index in [1.54, 1.807) is 0 Å². The smallest absolute Gasteiger partial charge is 0.0168 e. The molecule has 86 valence electrons. The van der Waals surface area contributed by atoms with Crippen LogP contribution in [0, 0.1) is 5.92 Å². The summed E-state index contributed by atoms with van der Waals surface area (Å²) in [5.41, 5.74) is 0. The van der Waals surface area contributed by atoms with Crippen LogP contribution in [-0.2, 0) is 0 Å². The number of unbranched alkanes of at least 4 members (excludes halogenated alkanes) is 5. The van der Waals surface area contributed by atoms with Gasteiger partial charge in [-0.15, -0.1) is 0 Å². The Labute approximate surface area is 99.0 Å². The minimum absolute atomic E-state index is 0.734. The molecule has 0 heterocycles. The van der Waals surface area contributed by atoms with Crippen molar-refractivity contribution in [3.63, 3.8) is 0 Å². The Morgan fingerprint density at radius 3 is 2.07 bits per heavy atom. The van der Waals surface area contributed by atoms with Crippen molar-refractivity contribution in [3.05, 3.63) is 0 Å². The average Bonchev–Trinajstić information content (AvgIpc) is 2.21.